The van der Waals surface area contributed by atoms with E-state index in [1.807, 2.05) is 35.4 Å². The van der Waals surface area contributed by atoms with Crippen molar-refractivity contribution in [2.24, 2.45) is 5.92 Å². The Morgan fingerprint density at radius 2 is 2.16 bits per heavy atom. The van der Waals surface area contributed by atoms with Crippen molar-refractivity contribution in [2.75, 3.05) is 19.8 Å². The zero-order chi connectivity index (χ0) is 17.2. The predicted molar refractivity (Wildman–Crippen MR) is 95.8 cm³/mol. The molecule has 1 amide bonds. The van der Waals surface area contributed by atoms with E-state index in [0.29, 0.717) is 29.1 Å². The van der Waals surface area contributed by atoms with E-state index in [4.69, 9.17) is 16.3 Å². The van der Waals surface area contributed by atoms with Gasteiger partial charge in [0, 0.05) is 36.3 Å². The second-order valence-electron chi connectivity index (χ2n) is 6.94. The number of benzene rings is 1. The van der Waals surface area contributed by atoms with Gasteiger partial charge in [0.05, 0.1) is 24.9 Å². The molecule has 0 spiro atoms. The molecule has 1 aromatic heterocycles. The zero-order valence-corrected chi connectivity index (χ0v) is 14.9. The van der Waals surface area contributed by atoms with Gasteiger partial charge in [-0.15, -0.1) is 0 Å². The largest absolute Gasteiger partial charge is 0.381 e. The first-order chi connectivity index (χ1) is 12.2. The van der Waals surface area contributed by atoms with Gasteiger partial charge in [-0.05, 0) is 30.9 Å². The predicted octanol–water partition coefficient (Wildman–Crippen LogP) is 3.23. The molecule has 1 saturated carbocycles. The Labute approximate surface area is 152 Å². The van der Waals surface area contributed by atoms with E-state index in [-0.39, 0.29) is 5.91 Å². The van der Waals surface area contributed by atoms with Crippen molar-refractivity contribution in [3.8, 4) is 0 Å². The van der Waals surface area contributed by atoms with Crippen LogP contribution in [0.4, 0.5) is 0 Å². The summed E-state index contributed by atoms with van der Waals surface area (Å²) in [5.74, 6) is 0.544. The Bertz CT molecular complexity index is 751. The van der Waals surface area contributed by atoms with Gasteiger partial charge in [0.1, 0.15) is 0 Å². The van der Waals surface area contributed by atoms with Crippen LogP contribution in [0.1, 0.15) is 35.2 Å². The SMILES string of the molecule is O=C(c1cnn(Cc2ccccc2Cl)c1)N(CC1CCOC1)C1CC1. The van der Waals surface area contributed by atoms with E-state index in [0.717, 1.165) is 44.6 Å². The van der Waals surface area contributed by atoms with Crippen LogP contribution in [-0.2, 0) is 11.3 Å². The number of carbonyl (C=O) groups is 1. The van der Waals surface area contributed by atoms with Gasteiger partial charge < -0.3 is 9.64 Å². The summed E-state index contributed by atoms with van der Waals surface area (Å²) in [5, 5.41) is 5.07. The number of amides is 1. The molecular formula is C19H22ClN3O2. The first-order valence-corrected chi connectivity index (χ1v) is 9.23. The number of halogens is 1. The van der Waals surface area contributed by atoms with E-state index >= 15 is 0 Å². The Kier molecular flexibility index (Phi) is 4.77. The average molecular weight is 360 g/mol. The molecule has 0 bridgehead atoms. The molecular weight excluding hydrogens is 338 g/mol. The Morgan fingerprint density at radius 1 is 1.32 bits per heavy atom. The van der Waals surface area contributed by atoms with Crippen LogP contribution in [0, 0.1) is 5.92 Å². The fraction of sp³-hybridized carbons (Fsp3) is 0.474. The van der Waals surface area contributed by atoms with Crippen molar-refractivity contribution < 1.29 is 9.53 Å². The standard InChI is InChI=1S/C19H22ClN3O2/c20-18-4-2-1-3-15(18)11-22-12-16(9-21-22)19(24)23(17-5-6-17)10-14-7-8-25-13-14/h1-4,9,12,14,17H,5-8,10-11,13H2. The molecule has 1 aliphatic carbocycles. The maximum absolute atomic E-state index is 13.0. The lowest BCUT2D eigenvalue weighted by molar-refractivity contribution is 0.0706. The van der Waals surface area contributed by atoms with Gasteiger partial charge in [-0.2, -0.15) is 5.10 Å². The minimum Gasteiger partial charge on any atom is -0.381 e. The molecule has 2 aliphatic rings. The van der Waals surface area contributed by atoms with Crippen LogP contribution in [0.2, 0.25) is 5.02 Å². The number of ether oxygens (including phenoxy) is 1. The van der Waals surface area contributed by atoms with E-state index < -0.39 is 0 Å². The van der Waals surface area contributed by atoms with Crippen molar-refractivity contribution in [3.63, 3.8) is 0 Å². The van der Waals surface area contributed by atoms with Gasteiger partial charge in [0.15, 0.2) is 0 Å². The third-order valence-corrected chi connectivity index (χ3v) is 5.27. The molecule has 1 unspecified atom stereocenters. The maximum atomic E-state index is 13.0. The quantitative estimate of drug-likeness (QED) is 0.795. The van der Waals surface area contributed by atoms with Crippen LogP contribution >= 0.6 is 11.6 Å². The summed E-state index contributed by atoms with van der Waals surface area (Å²) in [6.45, 7) is 2.93. The summed E-state index contributed by atoms with van der Waals surface area (Å²) >= 11 is 6.21. The molecule has 0 N–H and O–H groups in total. The first kappa shape index (κ1) is 16.6. The van der Waals surface area contributed by atoms with Gasteiger partial charge in [0.25, 0.3) is 5.91 Å². The second-order valence-corrected chi connectivity index (χ2v) is 7.34. The van der Waals surface area contributed by atoms with Crippen molar-refractivity contribution in [1.29, 1.82) is 0 Å². The van der Waals surface area contributed by atoms with Gasteiger partial charge in [0.2, 0.25) is 0 Å². The molecule has 1 atom stereocenters. The van der Waals surface area contributed by atoms with Crippen molar-refractivity contribution in [2.45, 2.75) is 31.8 Å². The molecule has 25 heavy (non-hydrogen) atoms. The van der Waals surface area contributed by atoms with Crippen molar-refractivity contribution in [1.82, 2.24) is 14.7 Å². The number of carbonyl (C=O) groups excluding carboxylic acids is 1. The smallest absolute Gasteiger partial charge is 0.257 e. The lowest BCUT2D eigenvalue weighted by Crippen LogP contribution is -2.37. The normalized spacial score (nSPS) is 20.0. The van der Waals surface area contributed by atoms with E-state index in [1.165, 1.54) is 0 Å². The maximum Gasteiger partial charge on any atom is 0.257 e. The third kappa shape index (κ3) is 3.88. The fourth-order valence-corrected chi connectivity index (χ4v) is 3.51. The van der Waals surface area contributed by atoms with Crippen LogP contribution in [0.15, 0.2) is 36.7 Å². The summed E-state index contributed by atoms with van der Waals surface area (Å²) in [5.41, 5.74) is 1.64. The Balaban J connectivity index is 1.46. The summed E-state index contributed by atoms with van der Waals surface area (Å²) in [7, 11) is 0. The van der Waals surface area contributed by atoms with Crippen LogP contribution in [-0.4, -0.2) is 46.4 Å². The molecule has 1 aromatic carbocycles. The Morgan fingerprint density at radius 3 is 2.88 bits per heavy atom. The molecule has 5 nitrogen and oxygen atoms in total. The highest BCUT2D eigenvalue weighted by Gasteiger charge is 2.35. The lowest BCUT2D eigenvalue weighted by Gasteiger charge is -2.24. The molecule has 1 saturated heterocycles. The van der Waals surface area contributed by atoms with Crippen LogP contribution in [0.25, 0.3) is 0 Å². The van der Waals surface area contributed by atoms with Gasteiger partial charge >= 0.3 is 0 Å². The van der Waals surface area contributed by atoms with Crippen LogP contribution < -0.4 is 0 Å². The molecule has 2 fully saturated rings. The molecule has 2 aromatic rings. The number of hydrogen-bond acceptors (Lipinski definition) is 3. The van der Waals surface area contributed by atoms with Crippen molar-refractivity contribution >= 4 is 17.5 Å². The summed E-state index contributed by atoms with van der Waals surface area (Å²) in [4.78, 5) is 15.0. The average Bonchev–Trinajstić information content (AvgIpc) is 3.13. The third-order valence-electron chi connectivity index (χ3n) is 4.90. The van der Waals surface area contributed by atoms with Gasteiger partial charge in [-0.3, -0.25) is 9.48 Å². The van der Waals surface area contributed by atoms with Crippen LogP contribution in [0.3, 0.4) is 0 Å². The number of aromatic nitrogens is 2. The first-order valence-electron chi connectivity index (χ1n) is 8.85. The zero-order valence-electron chi connectivity index (χ0n) is 14.1. The van der Waals surface area contributed by atoms with E-state index in [1.54, 1.807) is 10.9 Å². The number of hydrogen-bond donors (Lipinski definition) is 0. The van der Waals surface area contributed by atoms with Crippen molar-refractivity contribution in [3.05, 3.63) is 52.8 Å². The molecule has 2 heterocycles. The van der Waals surface area contributed by atoms with Gasteiger partial charge in [-0.25, -0.2) is 0 Å². The highest BCUT2D eigenvalue weighted by atomic mass is 35.5. The molecule has 4 rings (SSSR count). The lowest BCUT2D eigenvalue weighted by atomic mass is 10.1. The minimum atomic E-state index is 0.0832. The summed E-state index contributed by atoms with van der Waals surface area (Å²) < 4.78 is 7.23. The van der Waals surface area contributed by atoms with E-state index in [2.05, 4.69) is 5.10 Å². The summed E-state index contributed by atoms with van der Waals surface area (Å²) in [6, 6.07) is 8.09. The van der Waals surface area contributed by atoms with E-state index in [9.17, 15) is 4.79 Å². The monoisotopic (exact) mass is 359 g/mol. The minimum absolute atomic E-state index is 0.0832. The highest BCUT2D eigenvalue weighted by Crippen LogP contribution is 2.30. The molecule has 0 radical (unpaired) electrons. The topological polar surface area (TPSA) is 47.4 Å². The molecule has 1 aliphatic heterocycles. The van der Waals surface area contributed by atoms with Gasteiger partial charge in [-0.1, -0.05) is 29.8 Å². The molecule has 132 valence electrons. The Hall–Kier alpha value is -1.85. The number of nitrogens with zero attached hydrogens (tertiary/aromatic N) is 3. The number of rotatable bonds is 6. The molecule has 6 heteroatoms. The summed E-state index contributed by atoms with van der Waals surface area (Å²) in [6.07, 6.45) is 6.74. The fourth-order valence-electron chi connectivity index (χ4n) is 3.32. The highest BCUT2D eigenvalue weighted by molar-refractivity contribution is 6.31. The van der Waals surface area contributed by atoms with Crippen LogP contribution in [0.5, 0.6) is 0 Å². The second kappa shape index (κ2) is 7.18.